The Balaban J connectivity index is 1.54. The predicted octanol–water partition coefficient (Wildman–Crippen LogP) is 2.85. The summed E-state index contributed by atoms with van der Waals surface area (Å²) in [7, 11) is 0. The van der Waals surface area contributed by atoms with Gasteiger partial charge in [-0.25, -0.2) is 4.79 Å². The fourth-order valence-electron chi connectivity index (χ4n) is 3.04. The third-order valence-electron chi connectivity index (χ3n) is 4.48. The maximum Gasteiger partial charge on any atom is 0.338 e. The van der Waals surface area contributed by atoms with E-state index in [4.69, 9.17) is 4.74 Å². The van der Waals surface area contributed by atoms with Gasteiger partial charge in [0.05, 0.1) is 11.6 Å². The summed E-state index contributed by atoms with van der Waals surface area (Å²) in [5.74, 6) is -0.911. The fraction of sp³-hybridized carbons (Fsp3) is 0.286. The fourth-order valence-corrected chi connectivity index (χ4v) is 3.04. The number of benzene rings is 2. The van der Waals surface area contributed by atoms with Gasteiger partial charge in [0.25, 0.3) is 5.91 Å². The van der Waals surface area contributed by atoms with Gasteiger partial charge in [-0.1, -0.05) is 36.4 Å². The second kappa shape index (κ2) is 8.49. The van der Waals surface area contributed by atoms with E-state index in [1.807, 2.05) is 37.3 Å². The molecule has 0 spiro atoms. The second-order valence-corrected chi connectivity index (χ2v) is 6.48. The lowest BCUT2D eigenvalue weighted by atomic mass is 10.1. The number of esters is 1. The minimum Gasteiger partial charge on any atom is -0.452 e. The average Bonchev–Trinajstić information content (AvgIpc) is 3.13. The van der Waals surface area contributed by atoms with E-state index in [2.05, 4.69) is 5.32 Å². The predicted molar refractivity (Wildman–Crippen MR) is 101 cm³/mol. The molecule has 1 unspecified atom stereocenters. The summed E-state index contributed by atoms with van der Waals surface area (Å²) in [5.41, 5.74) is 1.96. The molecule has 2 aromatic carbocycles. The average molecular weight is 366 g/mol. The Bertz CT molecular complexity index is 835. The molecule has 0 aliphatic carbocycles. The monoisotopic (exact) mass is 366 g/mol. The second-order valence-electron chi connectivity index (χ2n) is 6.48. The molecule has 27 heavy (non-hydrogen) atoms. The van der Waals surface area contributed by atoms with Gasteiger partial charge in [0.15, 0.2) is 6.61 Å². The topological polar surface area (TPSA) is 75.7 Å². The van der Waals surface area contributed by atoms with Crippen LogP contribution < -0.4 is 10.2 Å². The first-order chi connectivity index (χ1) is 13.0. The number of nitrogens with one attached hydrogen (secondary N) is 1. The van der Waals surface area contributed by atoms with Crippen LogP contribution in [0.2, 0.25) is 0 Å². The van der Waals surface area contributed by atoms with Gasteiger partial charge in [0, 0.05) is 18.7 Å². The highest BCUT2D eigenvalue weighted by molar-refractivity contribution is 5.97. The lowest BCUT2D eigenvalue weighted by Crippen LogP contribution is -2.31. The van der Waals surface area contributed by atoms with E-state index in [-0.39, 0.29) is 24.5 Å². The maximum absolute atomic E-state index is 12.2. The zero-order chi connectivity index (χ0) is 19.2. The molecule has 140 valence electrons. The van der Waals surface area contributed by atoms with E-state index in [0.29, 0.717) is 24.2 Å². The van der Waals surface area contributed by atoms with Gasteiger partial charge in [-0.2, -0.15) is 0 Å². The highest BCUT2D eigenvalue weighted by Crippen LogP contribution is 2.22. The molecule has 0 aromatic heterocycles. The van der Waals surface area contributed by atoms with Gasteiger partial charge in [-0.3, -0.25) is 9.59 Å². The molecule has 6 nitrogen and oxygen atoms in total. The van der Waals surface area contributed by atoms with Crippen LogP contribution in [0.5, 0.6) is 0 Å². The number of carbonyl (C=O) groups excluding carboxylic acids is 3. The minimum absolute atomic E-state index is 0.0507. The zero-order valence-corrected chi connectivity index (χ0v) is 15.2. The lowest BCUT2D eigenvalue weighted by Gasteiger charge is -2.16. The van der Waals surface area contributed by atoms with Crippen LogP contribution in [-0.2, 0) is 14.3 Å². The van der Waals surface area contributed by atoms with Crippen LogP contribution in [0.1, 0.15) is 41.7 Å². The van der Waals surface area contributed by atoms with E-state index in [1.54, 1.807) is 29.2 Å². The lowest BCUT2D eigenvalue weighted by molar-refractivity contribution is -0.124. The molecular weight excluding hydrogens is 344 g/mol. The molecule has 1 aliphatic rings. The molecule has 2 amide bonds. The van der Waals surface area contributed by atoms with E-state index in [9.17, 15) is 14.4 Å². The van der Waals surface area contributed by atoms with Crippen molar-refractivity contribution in [3.05, 3.63) is 65.7 Å². The Morgan fingerprint density at radius 3 is 2.63 bits per heavy atom. The standard InChI is InChI=1S/C21H22N2O4/c1-15(16-7-3-2-4-8-16)22-19(24)14-27-21(26)17-9-5-10-18(13-17)23-12-6-11-20(23)25/h2-5,7-10,13,15H,6,11-12,14H2,1H3,(H,22,24). The zero-order valence-electron chi connectivity index (χ0n) is 15.2. The minimum atomic E-state index is -0.592. The SMILES string of the molecule is CC(NC(=O)COC(=O)c1cccc(N2CCCC2=O)c1)c1ccccc1. The van der Waals surface area contributed by atoms with E-state index in [1.165, 1.54) is 0 Å². The Morgan fingerprint density at radius 2 is 1.93 bits per heavy atom. The Morgan fingerprint density at radius 1 is 1.15 bits per heavy atom. The Hall–Kier alpha value is -3.15. The van der Waals surface area contributed by atoms with Crippen molar-refractivity contribution < 1.29 is 19.1 Å². The Labute approximate surface area is 158 Å². The quantitative estimate of drug-likeness (QED) is 0.798. The van der Waals surface area contributed by atoms with Gasteiger partial charge < -0.3 is 15.0 Å². The van der Waals surface area contributed by atoms with Crippen LogP contribution in [0, 0.1) is 0 Å². The van der Waals surface area contributed by atoms with Crippen LogP contribution in [0.3, 0.4) is 0 Å². The number of rotatable bonds is 6. The van der Waals surface area contributed by atoms with Crippen molar-refractivity contribution in [2.45, 2.75) is 25.8 Å². The number of anilines is 1. The molecule has 3 rings (SSSR count). The third kappa shape index (κ3) is 4.73. The van der Waals surface area contributed by atoms with Gasteiger partial charge >= 0.3 is 5.97 Å². The third-order valence-corrected chi connectivity index (χ3v) is 4.48. The molecule has 1 saturated heterocycles. The van der Waals surface area contributed by atoms with Gasteiger partial charge in [0.1, 0.15) is 0 Å². The van der Waals surface area contributed by atoms with Crippen molar-refractivity contribution in [2.24, 2.45) is 0 Å². The van der Waals surface area contributed by atoms with Crippen molar-refractivity contribution in [3.8, 4) is 0 Å². The summed E-state index contributed by atoms with van der Waals surface area (Å²) in [6.07, 6.45) is 1.34. The van der Waals surface area contributed by atoms with E-state index in [0.717, 1.165) is 12.0 Å². The Kier molecular flexibility index (Phi) is 5.86. The van der Waals surface area contributed by atoms with Crippen molar-refractivity contribution in [2.75, 3.05) is 18.1 Å². The molecule has 1 N–H and O–H groups in total. The first kappa shape index (κ1) is 18.6. The first-order valence-corrected chi connectivity index (χ1v) is 8.96. The highest BCUT2D eigenvalue weighted by Gasteiger charge is 2.22. The largest absolute Gasteiger partial charge is 0.452 e. The van der Waals surface area contributed by atoms with Gasteiger partial charge in [0.2, 0.25) is 5.91 Å². The number of hydrogen-bond donors (Lipinski definition) is 1. The van der Waals surface area contributed by atoms with Crippen molar-refractivity contribution in [1.82, 2.24) is 5.32 Å². The molecule has 0 saturated carbocycles. The summed E-state index contributed by atoms with van der Waals surface area (Å²) in [5, 5.41) is 2.80. The maximum atomic E-state index is 12.2. The number of hydrogen-bond acceptors (Lipinski definition) is 4. The first-order valence-electron chi connectivity index (χ1n) is 8.96. The van der Waals surface area contributed by atoms with Crippen LogP contribution in [0.4, 0.5) is 5.69 Å². The highest BCUT2D eigenvalue weighted by atomic mass is 16.5. The van der Waals surface area contributed by atoms with Gasteiger partial charge in [-0.05, 0) is 37.1 Å². The summed E-state index contributed by atoms with van der Waals surface area (Å²) < 4.78 is 5.12. The van der Waals surface area contributed by atoms with Crippen LogP contribution >= 0.6 is 0 Å². The molecule has 0 radical (unpaired) electrons. The van der Waals surface area contributed by atoms with Crippen molar-refractivity contribution in [3.63, 3.8) is 0 Å². The molecule has 1 fully saturated rings. The van der Waals surface area contributed by atoms with E-state index >= 15 is 0 Å². The number of carbonyl (C=O) groups is 3. The number of amides is 2. The molecule has 0 bridgehead atoms. The molecule has 2 aromatic rings. The molecule has 6 heteroatoms. The molecule has 1 atom stereocenters. The molecule has 1 heterocycles. The molecular formula is C21H22N2O4. The van der Waals surface area contributed by atoms with Crippen molar-refractivity contribution in [1.29, 1.82) is 0 Å². The van der Waals surface area contributed by atoms with Crippen LogP contribution in [0.25, 0.3) is 0 Å². The summed E-state index contributed by atoms with van der Waals surface area (Å²) >= 11 is 0. The number of nitrogens with zero attached hydrogens (tertiary/aromatic N) is 1. The van der Waals surface area contributed by atoms with Crippen molar-refractivity contribution >= 4 is 23.5 Å². The normalized spacial score (nSPS) is 14.7. The summed E-state index contributed by atoms with van der Waals surface area (Å²) in [6.45, 7) is 2.16. The van der Waals surface area contributed by atoms with Crippen LogP contribution in [-0.4, -0.2) is 30.9 Å². The summed E-state index contributed by atoms with van der Waals surface area (Å²) in [6, 6.07) is 16.1. The number of ether oxygens (including phenoxy) is 1. The van der Waals surface area contributed by atoms with Crippen LogP contribution in [0.15, 0.2) is 54.6 Å². The summed E-state index contributed by atoms with van der Waals surface area (Å²) in [4.78, 5) is 37.8. The van der Waals surface area contributed by atoms with Gasteiger partial charge in [-0.15, -0.1) is 0 Å². The smallest absolute Gasteiger partial charge is 0.338 e. The molecule has 1 aliphatic heterocycles. The van der Waals surface area contributed by atoms with E-state index < -0.39 is 5.97 Å².